The van der Waals surface area contributed by atoms with Gasteiger partial charge in [0, 0.05) is 18.2 Å². The molecule has 3 aromatic rings. The molecule has 0 atom stereocenters. The summed E-state index contributed by atoms with van der Waals surface area (Å²) in [4.78, 5) is 17.1. The van der Waals surface area contributed by atoms with Gasteiger partial charge in [-0.05, 0) is 36.6 Å². The molecule has 0 unspecified atom stereocenters. The fourth-order valence-electron chi connectivity index (χ4n) is 3.78. The van der Waals surface area contributed by atoms with Gasteiger partial charge >= 0.3 is 0 Å². The lowest BCUT2D eigenvalue weighted by atomic mass is 10.0. The molecule has 0 bridgehead atoms. The molecule has 1 N–H and O–H groups in total. The molecule has 1 amide bonds. The molecule has 1 aliphatic rings. The third-order valence-corrected chi connectivity index (χ3v) is 5.14. The fourth-order valence-corrected chi connectivity index (χ4v) is 3.78. The van der Waals surface area contributed by atoms with Gasteiger partial charge in [-0.25, -0.2) is 9.37 Å². The van der Waals surface area contributed by atoms with Crippen molar-refractivity contribution in [2.24, 2.45) is 5.92 Å². The molecule has 1 aromatic carbocycles. The number of hydrogen-bond donors (Lipinski definition) is 1. The summed E-state index contributed by atoms with van der Waals surface area (Å²) in [7, 11) is 0. The monoisotopic (exact) mass is 351 g/mol. The van der Waals surface area contributed by atoms with Crippen LogP contribution in [-0.2, 0) is 4.79 Å². The van der Waals surface area contributed by atoms with Crippen molar-refractivity contribution in [1.29, 1.82) is 0 Å². The minimum absolute atomic E-state index is 0.0137. The van der Waals surface area contributed by atoms with Crippen molar-refractivity contribution in [3.8, 4) is 11.3 Å². The van der Waals surface area contributed by atoms with Crippen molar-refractivity contribution in [3.63, 3.8) is 0 Å². The molecule has 0 saturated heterocycles. The first kappa shape index (κ1) is 16.8. The third kappa shape index (κ3) is 3.47. The second-order valence-corrected chi connectivity index (χ2v) is 6.99. The molecule has 26 heavy (non-hydrogen) atoms. The van der Waals surface area contributed by atoms with E-state index in [0.29, 0.717) is 29.4 Å². The van der Waals surface area contributed by atoms with Crippen molar-refractivity contribution >= 4 is 17.4 Å². The van der Waals surface area contributed by atoms with E-state index in [4.69, 9.17) is 0 Å². The van der Waals surface area contributed by atoms with Gasteiger partial charge in [0.2, 0.25) is 5.91 Å². The van der Waals surface area contributed by atoms with Crippen LogP contribution in [0.2, 0.25) is 0 Å². The molecule has 2 aromatic heterocycles. The number of rotatable bonds is 5. The zero-order valence-corrected chi connectivity index (χ0v) is 14.6. The van der Waals surface area contributed by atoms with Gasteiger partial charge in [-0.3, -0.25) is 9.20 Å². The summed E-state index contributed by atoms with van der Waals surface area (Å²) in [5.41, 5.74) is 1.96. The summed E-state index contributed by atoms with van der Waals surface area (Å²) < 4.78 is 15.5. The maximum Gasteiger partial charge on any atom is 0.225 e. The molecule has 1 saturated carbocycles. The van der Waals surface area contributed by atoms with Crippen LogP contribution in [0, 0.1) is 11.7 Å². The second kappa shape index (κ2) is 7.28. The van der Waals surface area contributed by atoms with E-state index in [-0.39, 0.29) is 11.7 Å². The van der Waals surface area contributed by atoms with Crippen molar-refractivity contribution in [1.82, 2.24) is 9.38 Å². The Balaban J connectivity index is 1.62. The zero-order chi connectivity index (χ0) is 17.9. The number of amides is 1. The average Bonchev–Trinajstić information content (AvgIpc) is 3.28. The smallest absolute Gasteiger partial charge is 0.225 e. The topological polar surface area (TPSA) is 46.4 Å². The van der Waals surface area contributed by atoms with Crippen LogP contribution < -0.4 is 5.32 Å². The van der Waals surface area contributed by atoms with Gasteiger partial charge in [0.05, 0.1) is 0 Å². The number of nitrogens with one attached hydrogen (secondary N) is 1. The molecular formula is C21H22FN3O. The van der Waals surface area contributed by atoms with E-state index >= 15 is 0 Å². The Kier molecular flexibility index (Phi) is 4.69. The molecule has 4 rings (SSSR count). The predicted molar refractivity (Wildman–Crippen MR) is 100 cm³/mol. The number of halogens is 1. The van der Waals surface area contributed by atoms with Crippen LogP contribution in [0.1, 0.15) is 38.5 Å². The SMILES string of the molecule is O=C(CCC1CCCC1)Nc1c(-c2cccc(F)c2)nc2ccccn12. The number of anilines is 1. The van der Waals surface area contributed by atoms with Gasteiger partial charge in [-0.1, -0.05) is 43.9 Å². The van der Waals surface area contributed by atoms with Gasteiger partial charge in [0.15, 0.2) is 0 Å². The Morgan fingerprint density at radius 3 is 2.85 bits per heavy atom. The lowest BCUT2D eigenvalue weighted by Crippen LogP contribution is -2.14. The largest absolute Gasteiger partial charge is 0.310 e. The molecule has 5 heteroatoms. The van der Waals surface area contributed by atoms with Crippen LogP contribution in [0.15, 0.2) is 48.7 Å². The average molecular weight is 351 g/mol. The predicted octanol–water partition coefficient (Wildman–Crippen LogP) is 5.05. The van der Waals surface area contributed by atoms with Crippen LogP contribution in [0.25, 0.3) is 16.9 Å². The van der Waals surface area contributed by atoms with Gasteiger partial charge < -0.3 is 5.32 Å². The summed E-state index contributed by atoms with van der Waals surface area (Å²) in [5.74, 6) is 0.937. The van der Waals surface area contributed by atoms with E-state index in [9.17, 15) is 9.18 Å². The Labute approximate surface area is 152 Å². The molecule has 0 spiro atoms. The molecule has 4 nitrogen and oxygen atoms in total. The van der Waals surface area contributed by atoms with E-state index in [1.807, 2.05) is 28.8 Å². The molecule has 0 radical (unpaired) electrons. The van der Waals surface area contributed by atoms with Crippen molar-refractivity contribution in [3.05, 3.63) is 54.5 Å². The van der Waals surface area contributed by atoms with Crippen LogP contribution in [0.3, 0.4) is 0 Å². The summed E-state index contributed by atoms with van der Waals surface area (Å²) in [6.07, 6.45) is 8.32. The Morgan fingerprint density at radius 1 is 1.19 bits per heavy atom. The number of hydrogen-bond acceptors (Lipinski definition) is 2. The van der Waals surface area contributed by atoms with Crippen LogP contribution >= 0.6 is 0 Å². The minimum atomic E-state index is -0.321. The highest BCUT2D eigenvalue weighted by atomic mass is 19.1. The summed E-state index contributed by atoms with van der Waals surface area (Å²) in [6.45, 7) is 0. The molecular weight excluding hydrogens is 329 g/mol. The minimum Gasteiger partial charge on any atom is -0.310 e. The number of carbonyl (C=O) groups is 1. The van der Waals surface area contributed by atoms with E-state index in [1.165, 1.54) is 37.8 Å². The number of aromatic nitrogens is 2. The number of fused-ring (bicyclic) bond motifs is 1. The Bertz CT molecular complexity index is 928. The van der Waals surface area contributed by atoms with E-state index < -0.39 is 0 Å². The van der Waals surface area contributed by atoms with Crippen molar-refractivity contribution < 1.29 is 9.18 Å². The normalized spacial score (nSPS) is 14.8. The summed E-state index contributed by atoms with van der Waals surface area (Å²) in [5, 5.41) is 3.01. The molecule has 134 valence electrons. The Hall–Kier alpha value is -2.69. The van der Waals surface area contributed by atoms with Gasteiger partial charge in [0.25, 0.3) is 0 Å². The van der Waals surface area contributed by atoms with E-state index in [2.05, 4.69) is 10.3 Å². The third-order valence-electron chi connectivity index (χ3n) is 5.14. The van der Waals surface area contributed by atoms with Crippen LogP contribution in [0.4, 0.5) is 10.2 Å². The van der Waals surface area contributed by atoms with Gasteiger partial charge in [-0.2, -0.15) is 0 Å². The van der Waals surface area contributed by atoms with Crippen molar-refractivity contribution in [2.45, 2.75) is 38.5 Å². The highest BCUT2D eigenvalue weighted by molar-refractivity contribution is 5.94. The highest BCUT2D eigenvalue weighted by Crippen LogP contribution is 2.31. The first-order valence-electron chi connectivity index (χ1n) is 9.23. The molecule has 1 fully saturated rings. The maximum atomic E-state index is 13.7. The first-order chi connectivity index (χ1) is 12.7. The number of imidazole rings is 1. The maximum absolute atomic E-state index is 13.7. The van der Waals surface area contributed by atoms with Gasteiger partial charge in [0.1, 0.15) is 23.0 Å². The Morgan fingerprint density at radius 2 is 2.04 bits per heavy atom. The lowest BCUT2D eigenvalue weighted by molar-refractivity contribution is -0.116. The van der Waals surface area contributed by atoms with Gasteiger partial charge in [-0.15, -0.1) is 0 Å². The van der Waals surface area contributed by atoms with E-state index in [0.717, 1.165) is 12.1 Å². The second-order valence-electron chi connectivity index (χ2n) is 6.99. The number of pyridine rings is 1. The quantitative estimate of drug-likeness (QED) is 0.699. The lowest BCUT2D eigenvalue weighted by Gasteiger charge is -2.10. The summed E-state index contributed by atoms with van der Waals surface area (Å²) in [6, 6.07) is 12.0. The summed E-state index contributed by atoms with van der Waals surface area (Å²) >= 11 is 0. The molecule has 2 heterocycles. The zero-order valence-electron chi connectivity index (χ0n) is 14.6. The highest BCUT2D eigenvalue weighted by Gasteiger charge is 2.19. The van der Waals surface area contributed by atoms with Crippen LogP contribution in [0.5, 0.6) is 0 Å². The number of carbonyl (C=O) groups excluding carboxylic acids is 1. The molecule has 0 aliphatic heterocycles. The number of nitrogens with zero attached hydrogens (tertiary/aromatic N) is 2. The fraction of sp³-hybridized carbons (Fsp3) is 0.333. The first-order valence-corrected chi connectivity index (χ1v) is 9.23. The number of benzene rings is 1. The standard InChI is InChI=1S/C21H22FN3O/c22-17-9-5-8-16(14-17)20-21(25-13-4-3-10-18(25)23-20)24-19(26)12-11-15-6-1-2-7-15/h3-5,8-10,13-15H,1-2,6-7,11-12H2,(H,24,26). The van der Waals surface area contributed by atoms with Crippen LogP contribution in [-0.4, -0.2) is 15.3 Å². The van der Waals surface area contributed by atoms with E-state index in [1.54, 1.807) is 12.1 Å². The van der Waals surface area contributed by atoms with Crippen molar-refractivity contribution in [2.75, 3.05) is 5.32 Å². The molecule has 1 aliphatic carbocycles.